The molecule has 0 saturated heterocycles. The molecule has 0 radical (unpaired) electrons. The molecule has 0 unspecified atom stereocenters. The van der Waals surface area contributed by atoms with Gasteiger partial charge < -0.3 is 20.3 Å². The summed E-state index contributed by atoms with van der Waals surface area (Å²) in [4.78, 5) is 28.5. The van der Waals surface area contributed by atoms with E-state index in [4.69, 9.17) is 5.11 Å². The summed E-state index contributed by atoms with van der Waals surface area (Å²) in [6.07, 6.45) is 1.85. The van der Waals surface area contributed by atoms with Crippen LogP contribution in [0.25, 0.3) is 10.9 Å². The number of benzene rings is 2. The molecule has 1 amide bonds. The molecule has 140 valence electrons. The lowest BCUT2D eigenvalue weighted by molar-refractivity contribution is -0.116. The Labute approximate surface area is 157 Å². The Morgan fingerprint density at radius 3 is 2.67 bits per heavy atom. The quantitative estimate of drug-likeness (QED) is 0.593. The molecule has 3 N–H and O–H groups in total. The second-order valence-corrected chi connectivity index (χ2v) is 6.75. The number of aromatic amines is 1. The standard InChI is InChI=1S/C21H23N3O3/c1-24(2)18-7-3-5-17(13-18)23-20(25)8-4-6-16-12-15-11-14(21(26)27)9-10-19(15)22-16/h3,5,7,9-13,22H,4,6,8H2,1-2H3,(H,23,25)(H,26,27). The molecule has 0 fully saturated rings. The van der Waals surface area contributed by atoms with Crippen molar-refractivity contribution in [3.8, 4) is 0 Å². The third-order valence-corrected chi connectivity index (χ3v) is 4.42. The van der Waals surface area contributed by atoms with E-state index in [0.717, 1.165) is 34.4 Å². The summed E-state index contributed by atoms with van der Waals surface area (Å²) >= 11 is 0. The molecule has 27 heavy (non-hydrogen) atoms. The maximum atomic E-state index is 12.2. The average Bonchev–Trinajstić information content (AvgIpc) is 3.03. The van der Waals surface area contributed by atoms with Crippen LogP contribution in [0, 0.1) is 0 Å². The fraction of sp³-hybridized carbons (Fsp3) is 0.238. The zero-order chi connectivity index (χ0) is 19.4. The van der Waals surface area contributed by atoms with Crippen molar-refractivity contribution in [3.05, 3.63) is 59.8 Å². The normalized spacial score (nSPS) is 10.7. The van der Waals surface area contributed by atoms with Gasteiger partial charge >= 0.3 is 5.97 Å². The third kappa shape index (κ3) is 4.67. The van der Waals surface area contributed by atoms with Crippen molar-refractivity contribution >= 4 is 34.2 Å². The minimum Gasteiger partial charge on any atom is -0.478 e. The van der Waals surface area contributed by atoms with Crippen LogP contribution < -0.4 is 10.2 Å². The van der Waals surface area contributed by atoms with Crippen molar-refractivity contribution in [1.82, 2.24) is 4.98 Å². The second kappa shape index (κ2) is 7.95. The number of rotatable bonds is 7. The summed E-state index contributed by atoms with van der Waals surface area (Å²) in [5.74, 6) is -0.954. The average molecular weight is 365 g/mol. The molecule has 0 atom stereocenters. The molecule has 0 bridgehead atoms. The first-order valence-corrected chi connectivity index (χ1v) is 8.84. The van der Waals surface area contributed by atoms with E-state index in [9.17, 15) is 9.59 Å². The van der Waals surface area contributed by atoms with Crippen LogP contribution >= 0.6 is 0 Å². The smallest absolute Gasteiger partial charge is 0.335 e. The van der Waals surface area contributed by atoms with Crippen LogP contribution in [0.3, 0.4) is 0 Å². The molecular weight excluding hydrogens is 342 g/mol. The minimum absolute atomic E-state index is 0.0184. The maximum absolute atomic E-state index is 12.2. The number of hydrogen-bond donors (Lipinski definition) is 3. The van der Waals surface area contributed by atoms with Gasteiger partial charge in [-0.1, -0.05) is 6.07 Å². The molecule has 1 heterocycles. The van der Waals surface area contributed by atoms with Gasteiger partial charge in [-0.3, -0.25) is 4.79 Å². The first-order valence-electron chi connectivity index (χ1n) is 8.84. The van der Waals surface area contributed by atoms with Gasteiger partial charge in [-0.15, -0.1) is 0 Å². The number of carboxylic acids is 1. The number of fused-ring (bicyclic) bond motifs is 1. The fourth-order valence-corrected chi connectivity index (χ4v) is 2.99. The second-order valence-electron chi connectivity index (χ2n) is 6.75. The first kappa shape index (κ1) is 18.5. The molecule has 0 saturated carbocycles. The number of hydrogen-bond acceptors (Lipinski definition) is 3. The summed E-state index contributed by atoms with van der Waals surface area (Å²) in [6.45, 7) is 0. The molecule has 3 aromatic rings. The number of carboxylic acid groups (broad SMARTS) is 1. The number of nitrogens with zero attached hydrogens (tertiary/aromatic N) is 1. The van der Waals surface area contributed by atoms with Gasteiger partial charge in [0.1, 0.15) is 0 Å². The van der Waals surface area contributed by atoms with Crippen LogP contribution in [0.1, 0.15) is 28.9 Å². The van der Waals surface area contributed by atoms with E-state index in [1.54, 1.807) is 18.2 Å². The van der Waals surface area contributed by atoms with E-state index in [-0.39, 0.29) is 11.5 Å². The number of aromatic carboxylic acids is 1. The predicted octanol–water partition coefficient (Wildman–Crippen LogP) is 3.89. The Morgan fingerprint density at radius 1 is 1.11 bits per heavy atom. The van der Waals surface area contributed by atoms with Gasteiger partial charge in [0.05, 0.1) is 5.56 Å². The number of anilines is 2. The Morgan fingerprint density at radius 2 is 1.93 bits per heavy atom. The molecule has 2 aromatic carbocycles. The minimum atomic E-state index is -0.936. The van der Waals surface area contributed by atoms with Gasteiger partial charge in [0.25, 0.3) is 0 Å². The number of carbonyl (C=O) groups excluding carboxylic acids is 1. The molecule has 6 nitrogen and oxygen atoms in total. The van der Waals surface area contributed by atoms with E-state index in [0.29, 0.717) is 12.8 Å². The van der Waals surface area contributed by atoms with Crippen molar-refractivity contribution in [1.29, 1.82) is 0 Å². The number of carbonyl (C=O) groups is 2. The van der Waals surface area contributed by atoms with Crippen LogP contribution in [-0.4, -0.2) is 36.1 Å². The summed E-state index contributed by atoms with van der Waals surface area (Å²) in [7, 11) is 3.92. The molecule has 0 spiro atoms. The van der Waals surface area contributed by atoms with Crippen LogP contribution in [-0.2, 0) is 11.2 Å². The lowest BCUT2D eigenvalue weighted by atomic mass is 10.1. The highest BCUT2D eigenvalue weighted by Gasteiger charge is 2.08. The van der Waals surface area contributed by atoms with Gasteiger partial charge in [0.15, 0.2) is 0 Å². The highest BCUT2D eigenvalue weighted by molar-refractivity contribution is 5.94. The van der Waals surface area contributed by atoms with Gasteiger partial charge in [0.2, 0.25) is 5.91 Å². The highest BCUT2D eigenvalue weighted by atomic mass is 16.4. The van der Waals surface area contributed by atoms with Gasteiger partial charge in [-0.2, -0.15) is 0 Å². The highest BCUT2D eigenvalue weighted by Crippen LogP contribution is 2.20. The Kier molecular flexibility index (Phi) is 5.45. The summed E-state index contributed by atoms with van der Waals surface area (Å²) in [5, 5.41) is 12.9. The Balaban J connectivity index is 1.55. The first-order chi connectivity index (χ1) is 12.9. The summed E-state index contributed by atoms with van der Waals surface area (Å²) in [6, 6.07) is 14.7. The Hall–Kier alpha value is -3.28. The van der Waals surface area contributed by atoms with Crippen LogP contribution in [0.15, 0.2) is 48.5 Å². The fourth-order valence-electron chi connectivity index (χ4n) is 2.99. The molecule has 0 aliphatic rings. The maximum Gasteiger partial charge on any atom is 0.335 e. The molecule has 0 aliphatic heterocycles. The van der Waals surface area contributed by atoms with Crippen molar-refractivity contribution in [3.63, 3.8) is 0 Å². The van der Waals surface area contributed by atoms with E-state index < -0.39 is 5.97 Å². The lowest BCUT2D eigenvalue weighted by Crippen LogP contribution is -2.13. The van der Waals surface area contributed by atoms with Crippen molar-refractivity contribution < 1.29 is 14.7 Å². The van der Waals surface area contributed by atoms with E-state index in [1.165, 1.54) is 0 Å². The van der Waals surface area contributed by atoms with Crippen LogP contribution in [0.4, 0.5) is 11.4 Å². The number of H-pyrrole nitrogens is 1. The van der Waals surface area contributed by atoms with Gasteiger partial charge in [-0.05, 0) is 55.3 Å². The van der Waals surface area contributed by atoms with E-state index in [2.05, 4.69) is 10.3 Å². The van der Waals surface area contributed by atoms with Crippen molar-refractivity contribution in [2.75, 3.05) is 24.3 Å². The molecule has 0 aliphatic carbocycles. The van der Waals surface area contributed by atoms with Gasteiger partial charge in [0, 0.05) is 48.5 Å². The number of nitrogens with one attached hydrogen (secondary N) is 2. The van der Waals surface area contributed by atoms with Crippen molar-refractivity contribution in [2.45, 2.75) is 19.3 Å². The van der Waals surface area contributed by atoms with Crippen LogP contribution in [0.5, 0.6) is 0 Å². The SMILES string of the molecule is CN(C)c1cccc(NC(=O)CCCc2cc3cc(C(=O)O)ccc3[nH]2)c1. The summed E-state index contributed by atoms with van der Waals surface area (Å²) in [5.41, 5.74) is 3.99. The number of amides is 1. The van der Waals surface area contributed by atoms with Gasteiger partial charge in [-0.25, -0.2) is 4.79 Å². The third-order valence-electron chi connectivity index (χ3n) is 4.42. The van der Waals surface area contributed by atoms with E-state index >= 15 is 0 Å². The topological polar surface area (TPSA) is 85.4 Å². The number of aryl methyl sites for hydroxylation is 1. The zero-order valence-electron chi connectivity index (χ0n) is 15.5. The van der Waals surface area contributed by atoms with Crippen molar-refractivity contribution in [2.24, 2.45) is 0 Å². The molecule has 3 rings (SSSR count). The summed E-state index contributed by atoms with van der Waals surface area (Å²) < 4.78 is 0. The molecular formula is C21H23N3O3. The lowest BCUT2D eigenvalue weighted by Gasteiger charge is -2.14. The van der Waals surface area contributed by atoms with E-state index in [1.807, 2.05) is 49.3 Å². The molecule has 6 heteroatoms. The molecule has 1 aromatic heterocycles. The Bertz CT molecular complexity index is 976. The largest absolute Gasteiger partial charge is 0.478 e. The monoisotopic (exact) mass is 365 g/mol. The predicted molar refractivity (Wildman–Crippen MR) is 108 cm³/mol. The number of aromatic nitrogens is 1. The zero-order valence-corrected chi connectivity index (χ0v) is 15.5. The van der Waals surface area contributed by atoms with Crippen LogP contribution in [0.2, 0.25) is 0 Å².